The molecule has 1 aliphatic heterocycles. The van der Waals surface area contributed by atoms with Crippen LogP contribution in [0.5, 0.6) is 0 Å². The van der Waals surface area contributed by atoms with Crippen molar-refractivity contribution in [1.29, 1.82) is 0 Å². The van der Waals surface area contributed by atoms with Crippen molar-refractivity contribution in [1.82, 2.24) is 4.90 Å². The third-order valence-electron chi connectivity index (χ3n) is 3.08. The molecule has 1 heterocycles. The number of rotatable bonds is 4. The van der Waals surface area contributed by atoms with Gasteiger partial charge in [-0.2, -0.15) is 11.8 Å². The Morgan fingerprint density at radius 3 is 2.72 bits per heavy atom. The lowest BCUT2D eigenvalue weighted by molar-refractivity contribution is 0.281. The number of hydrogen-bond donors (Lipinski definition) is 1. The third-order valence-corrected chi connectivity index (χ3v) is 4.30. The topological polar surface area (TPSA) is 15.3 Å². The highest BCUT2D eigenvalue weighted by Gasteiger charge is 2.21. The zero-order valence-corrected chi connectivity index (χ0v) is 11.8. The number of nitrogens with one attached hydrogen (secondary N) is 1. The minimum absolute atomic E-state index is 0.184. The van der Waals surface area contributed by atoms with E-state index in [0.717, 1.165) is 31.9 Å². The largest absolute Gasteiger partial charge is 0.384 e. The van der Waals surface area contributed by atoms with Gasteiger partial charge in [-0.15, -0.1) is 0 Å². The maximum atomic E-state index is 13.0. The van der Waals surface area contributed by atoms with E-state index >= 15 is 0 Å². The number of anilines is 1. The quantitative estimate of drug-likeness (QED) is 0.903. The molecule has 0 radical (unpaired) electrons. The second-order valence-corrected chi connectivity index (χ2v) is 6.84. The minimum atomic E-state index is -0.184. The summed E-state index contributed by atoms with van der Waals surface area (Å²) in [6.45, 7) is 8.76. The molecular formula is C14H21FN2S. The van der Waals surface area contributed by atoms with Crippen molar-refractivity contribution in [3.05, 3.63) is 30.1 Å². The molecule has 0 saturated carbocycles. The highest BCUT2D eigenvalue weighted by Crippen LogP contribution is 2.24. The van der Waals surface area contributed by atoms with Gasteiger partial charge in [0.25, 0.3) is 0 Å². The smallest absolute Gasteiger partial charge is 0.125 e. The Balaban J connectivity index is 1.75. The van der Waals surface area contributed by atoms with Crippen molar-refractivity contribution in [2.75, 3.05) is 31.5 Å². The van der Waals surface area contributed by atoms with Gasteiger partial charge in [0.15, 0.2) is 0 Å². The Morgan fingerprint density at radius 1 is 1.33 bits per heavy atom. The summed E-state index contributed by atoms with van der Waals surface area (Å²) in [7, 11) is 0. The lowest BCUT2D eigenvalue weighted by atomic mass is 10.3. The standard InChI is InChI=1S/C14H21FN2S/c1-11-9-17(10-12(2)18-11)7-6-16-14-5-3-4-13(15)8-14/h3-5,8,11-12,16H,6-7,9-10H2,1-2H3. The fraction of sp³-hybridized carbons (Fsp3) is 0.571. The molecule has 2 atom stereocenters. The summed E-state index contributed by atoms with van der Waals surface area (Å²) >= 11 is 2.07. The van der Waals surface area contributed by atoms with Crippen molar-refractivity contribution < 1.29 is 4.39 Å². The monoisotopic (exact) mass is 268 g/mol. The Kier molecular flexibility index (Phi) is 4.89. The predicted octanol–water partition coefficient (Wildman–Crippen LogP) is 3.06. The summed E-state index contributed by atoms with van der Waals surface area (Å²) in [5.74, 6) is -0.184. The van der Waals surface area contributed by atoms with E-state index in [4.69, 9.17) is 0 Å². The summed E-state index contributed by atoms with van der Waals surface area (Å²) < 4.78 is 13.0. The normalized spacial score (nSPS) is 25.1. The van der Waals surface area contributed by atoms with Crippen LogP contribution in [0.25, 0.3) is 0 Å². The third kappa shape index (κ3) is 4.18. The van der Waals surface area contributed by atoms with E-state index in [2.05, 4.69) is 35.8 Å². The van der Waals surface area contributed by atoms with Gasteiger partial charge in [-0.05, 0) is 18.2 Å². The van der Waals surface area contributed by atoms with Gasteiger partial charge in [-0.1, -0.05) is 19.9 Å². The SMILES string of the molecule is CC1CN(CCNc2cccc(F)c2)CC(C)S1. The number of hydrogen-bond acceptors (Lipinski definition) is 3. The van der Waals surface area contributed by atoms with Crippen LogP contribution in [0.15, 0.2) is 24.3 Å². The molecular weight excluding hydrogens is 247 g/mol. The van der Waals surface area contributed by atoms with Gasteiger partial charge in [0.05, 0.1) is 0 Å². The number of halogens is 1. The fourth-order valence-corrected chi connectivity index (χ4v) is 3.81. The Labute approximate surface area is 113 Å². The van der Waals surface area contributed by atoms with Crippen molar-refractivity contribution in [2.45, 2.75) is 24.3 Å². The molecule has 1 fully saturated rings. The van der Waals surface area contributed by atoms with Gasteiger partial charge in [-0.25, -0.2) is 4.39 Å². The van der Waals surface area contributed by atoms with Gasteiger partial charge >= 0.3 is 0 Å². The van der Waals surface area contributed by atoms with Crippen LogP contribution in [-0.4, -0.2) is 41.6 Å². The fourth-order valence-electron chi connectivity index (χ4n) is 2.42. The van der Waals surface area contributed by atoms with E-state index in [1.165, 1.54) is 12.1 Å². The first-order valence-electron chi connectivity index (χ1n) is 6.51. The number of nitrogens with zero attached hydrogens (tertiary/aromatic N) is 1. The zero-order valence-electron chi connectivity index (χ0n) is 11.0. The molecule has 1 aromatic carbocycles. The Morgan fingerprint density at radius 2 is 2.06 bits per heavy atom. The molecule has 0 spiro atoms. The summed E-state index contributed by atoms with van der Waals surface area (Å²) in [5.41, 5.74) is 0.863. The van der Waals surface area contributed by atoms with Crippen LogP contribution < -0.4 is 5.32 Å². The Hall–Kier alpha value is -0.740. The molecule has 18 heavy (non-hydrogen) atoms. The van der Waals surface area contributed by atoms with Crippen LogP contribution in [0.2, 0.25) is 0 Å². The maximum absolute atomic E-state index is 13.0. The van der Waals surface area contributed by atoms with Gasteiger partial charge < -0.3 is 5.32 Å². The molecule has 1 aliphatic rings. The molecule has 0 aromatic heterocycles. The van der Waals surface area contributed by atoms with Gasteiger partial charge in [-0.3, -0.25) is 4.90 Å². The van der Waals surface area contributed by atoms with E-state index in [0.29, 0.717) is 10.5 Å². The van der Waals surface area contributed by atoms with Gasteiger partial charge in [0.1, 0.15) is 5.82 Å². The molecule has 4 heteroatoms. The summed E-state index contributed by atoms with van der Waals surface area (Å²) in [4.78, 5) is 2.48. The average molecular weight is 268 g/mol. The molecule has 0 aliphatic carbocycles. The van der Waals surface area contributed by atoms with E-state index in [9.17, 15) is 4.39 Å². The zero-order chi connectivity index (χ0) is 13.0. The second kappa shape index (κ2) is 6.43. The summed E-state index contributed by atoms with van der Waals surface area (Å²) in [6, 6.07) is 6.65. The lowest BCUT2D eigenvalue weighted by Gasteiger charge is -2.34. The number of thioether (sulfide) groups is 1. The Bertz CT molecular complexity index is 376. The summed E-state index contributed by atoms with van der Waals surface area (Å²) in [6.07, 6.45) is 0. The van der Waals surface area contributed by atoms with Crippen molar-refractivity contribution in [2.24, 2.45) is 0 Å². The van der Waals surface area contributed by atoms with Crippen molar-refractivity contribution in [3.63, 3.8) is 0 Å². The minimum Gasteiger partial charge on any atom is -0.384 e. The van der Waals surface area contributed by atoms with E-state index < -0.39 is 0 Å². The molecule has 1 saturated heterocycles. The van der Waals surface area contributed by atoms with E-state index in [1.54, 1.807) is 6.07 Å². The molecule has 100 valence electrons. The molecule has 2 unspecified atom stereocenters. The molecule has 1 N–H and O–H groups in total. The molecule has 2 rings (SSSR count). The summed E-state index contributed by atoms with van der Waals surface area (Å²) in [5, 5.41) is 4.70. The highest BCUT2D eigenvalue weighted by atomic mass is 32.2. The number of benzene rings is 1. The average Bonchev–Trinajstić information content (AvgIpc) is 2.27. The van der Waals surface area contributed by atoms with E-state index in [1.807, 2.05) is 6.07 Å². The van der Waals surface area contributed by atoms with Crippen LogP contribution in [-0.2, 0) is 0 Å². The van der Waals surface area contributed by atoms with Crippen LogP contribution in [0.3, 0.4) is 0 Å². The second-order valence-electron chi connectivity index (χ2n) is 4.95. The van der Waals surface area contributed by atoms with E-state index in [-0.39, 0.29) is 5.82 Å². The van der Waals surface area contributed by atoms with Crippen LogP contribution >= 0.6 is 11.8 Å². The first-order valence-corrected chi connectivity index (χ1v) is 7.45. The van der Waals surface area contributed by atoms with Crippen molar-refractivity contribution in [3.8, 4) is 0 Å². The predicted molar refractivity (Wildman–Crippen MR) is 77.8 cm³/mol. The maximum Gasteiger partial charge on any atom is 0.125 e. The van der Waals surface area contributed by atoms with Crippen LogP contribution in [0, 0.1) is 5.82 Å². The van der Waals surface area contributed by atoms with Gasteiger partial charge in [0.2, 0.25) is 0 Å². The molecule has 2 nitrogen and oxygen atoms in total. The van der Waals surface area contributed by atoms with Crippen molar-refractivity contribution >= 4 is 17.4 Å². The lowest BCUT2D eigenvalue weighted by Crippen LogP contribution is -2.42. The molecule has 0 amide bonds. The molecule has 1 aromatic rings. The highest BCUT2D eigenvalue weighted by molar-refractivity contribution is 8.00. The first-order chi connectivity index (χ1) is 8.63. The van der Waals surface area contributed by atoms with Crippen LogP contribution in [0.4, 0.5) is 10.1 Å². The molecule has 0 bridgehead atoms. The first kappa shape index (κ1) is 13.7. The van der Waals surface area contributed by atoms with Crippen LogP contribution in [0.1, 0.15) is 13.8 Å². The van der Waals surface area contributed by atoms with Gasteiger partial charge in [0, 0.05) is 42.4 Å².